The van der Waals surface area contributed by atoms with E-state index in [1.54, 1.807) is 24.5 Å². The number of aromatic amines is 1. The van der Waals surface area contributed by atoms with Crippen LogP contribution in [0.4, 0.5) is 0 Å². The lowest BCUT2D eigenvalue weighted by Gasteiger charge is -2.28. The summed E-state index contributed by atoms with van der Waals surface area (Å²) >= 11 is 0. The molecule has 5 rings (SSSR count). The molecule has 0 radical (unpaired) electrons. The third-order valence-electron chi connectivity index (χ3n) is 6.96. The van der Waals surface area contributed by atoms with Gasteiger partial charge >= 0.3 is 0 Å². The minimum absolute atomic E-state index is 0.0942. The number of carbonyl (C=O) groups excluding carboxylic acids is 2. The fourth-order valence-electron chi connectivity index (χ4n) is 4.88. The van der Waals surface area contributed by atoms with E-state index < -0.39 is 0 Å². The molecule has 2 heterocycles. The van der Waals surface area contributed by atoms with Crippen molar-refractivity contribution in [3.63, 3.8) is 0 Å². The second-order valence-electron chi connectivity index (χ2n) is 9.79. The van der Waals surface area contributed by atoms with Crippen LogP contribution in [0.25, 0.3) is 16.6 Å². The summed E-state index contributed by atoms with van der Waals surface area (Å²) in [7, 11) is 1.61. The van der Waals surface area contributed by atoms with E-state index in [-0.39, 0.29) is 24.5 Å². The maximum absolute atomic E-state index is 13.1. The van der Waals surface area contributed by atoms with Crippen LogP contribution in [0.2, 0.25) is 0 Å². The van der Waals surface area contributed by atoms with Crippen molar-refractivity contribution in [2.45, 2.75) is 25.9 Å². The highest BCUT2D eigenvalue weighted by atomic mass is 16.5. The van der Waals surface area contributed by atoms with Gasteiger partial charge in [-0.3, -0.25) is 9.59 Å². The van der Waals surface area contributed by atoms with Crippen LogP contribution < -0.4 is 14.8 Å². The Kier molecular flexibility index (Phi) is 8.64. The van der Waals surface area contributed by atoms with E-state index in [4.69, 9.17) is 9.47 Å². The summed E-state index contributed by atoms with van der Waals surface area (Å²) in [6, 6.07) is 22.7. The molecule has 2 amide bonds. The number of hydrogen-bond acceptors (Lipinski definition) is 5. The Morgan fingerprint density at radius 2 is 1.80 bits per heavy atom. The van der Waals surface area contributed by atoms with Crippen molar-refractivity contribution in [3.8, 4) is 17.2 Å². The molecule has 0 bridgehead atoms. The zero-order valence-corrected chi connectivity index (χ0v) is 23.1. The third kappa shape index (κ3) is 6.94. The Hall–Kier alpha value is -5.05. The first-order valence-electron chi connectivity index (χ1n) is 13.4. The molecule has 9 heteroatoms. The van der Waals surface area contributed by atoms with Crippen LogP contribution in [0.5, 0.6) is 11.5 Å². The summed E-state index contributed by atoms with van der Waals surface area (Å²) in [5, 5.41) is 4.19. The average Bonchev–Trinajstić information content (AvgIpc) is 3.67. The summed E-state index contributed by atoms with van der Waals surface area (Å²) in [4.78, 5) is 34.9. The van der Waals surface area contributed by atoms with Crippen LogP contribution in [-0.2, 0) is 22.6 Å². The number of amides is 2. The number of rotatable bonds is 12. The fourth-order valence-corrected chi connectivity index (χ4v) is 4.88. The van der Waals surface area contributed by atoms with Crippen LogP contribution in [0, 0.1) is 0 Å². The molecule has 0 saturated carbocycles. The van der Waals surface area contributed by atoms with Gasteiger partial charge in [0.2, 0.25) is 5.91 Å². The standard InChI is InChI=1S/C32H33N5O4/c1-23(38)37(19-24-7-3-6-10-31(24)40-2)20-26(17-25-18-34-30-9-5-4-8-29(25)30)35-32(39)21-41-28-13-11-27(12-14-28)36-16-15-33-22-36/h3-16,18,22,26,34H,17,19-21H2,1-2H3,(H,35,39)/t26-/m1/s1. The molecule has 9 nitrogen and oxygen atoms in total. The molecule has 0 spiro atoms. The predicted molar refractivity (Wildman–Crippen MR) is 157 cm³/mol. The van der Waals surface area contributed by atoms with Gasteiger partial charge in [-0.05, 0) is 48.4 Å². The fraction of sp³-hybridized carbons (Fsp3) is 0.219. The third-order valence-corrected chi connectivity index (χ3v) is 6.96. The number of aromatic nitrogens is 3. The number of hydrogen-bond donors (Lipinski definition) is 2. The van der Waals surface area contributed by atoms with Gasteiger partial charge in [0.25, 0.3) is 5.91 Å². The van der Waals surface area contributed by atoms with Crippen molar-refractivity contribution in [2.24, 2.45) is 0 Å². The first kappa shape index (κ1) is 27.5. The van der Waals surface area contributed by atoms with Gasteiger partial charge in [-0.15, -0.1) is 0 Å². The number of fused-ring (bicyclic) bond motifs is 1. The molecule has 41 heavy (non-hydrogen) atoms. The number of nitrogens with zero attached hydrogens (tertiary/aromatic N) is 3. The lowest BCUT2D eigenvalue weighted by atomic mass is 10.0. The number of ether oxygens (including phenoxy) is 2. The summed E-state index contributed by atoms with van der Waals surface area (Å²) < 4.78 is 13.2. The van der Waals surface area contributed by atoms with Crippen molar-refractivity contribution in [1.82, 2.24) is 24.8 Å². The van der Waals surface area contributed by atoms with E-state index in [1.165, 1.54) is 6.92 Å². The Morgan fingerprint density at radius 1 is 1.02 bits per heavy atom. The van der Waals surface area contributed by atoms with Crippen LogP contribution in [-0.4, -0.2) is 57.6 Å². The van der Waals surface area contributed by atoms with E-state index >= 15 is 0 Å². The summed E-state index contributed by atoms with van der Waals surface area (Å²) in [5.41, 5.74) is 3.91. The average molecular weight is 552 g/mol. The van der Waals surface area contributed by atoms with Crippen LogP contribution in [0.1, 0.15) is 18.1 Å². The molecule has 210 valence electrons. The molecular formula is C32H33N5O4. The Morgan fingerprint density at radius 3 is 2.56 bits per heavy atom. The Balaban J connectivity index is 1.29. The van der Waals surface area contributed by atoms with Gasteiger partial charge in [-0.2, -0.15) is 0 Å². The summed E-state index contributed by atoms with van der Waals surface area (Å²) in [6.45, 7) is 2.07. The molecule has 0 fully saturated rings. The largest absolute Gasteiger partial charge is 0.496 e. The predicted octanol–water partition coefficient (Wildman–Crippen LogP) is 4.52. The quantitative estimate of drug-likeness (QED) is 0.238. The van der Waals surface area contributed by atoms with E-state index in [0.29, 0.717) is 31.0 Å². The highest BCUT2D eigenvalue weighted by Gasteiger charge is 2.22. The lowest BCUT2D eigenvalue weighted by Crippen LogP contribution is -2.47. The highest BCUT2D eigenvalue weighted by Crippen LogP contribution is 2.22. The molecule has 0 aliphatic heterocycles. The van der Waals surface area contributed by atoms with Gasteiger partial charge < -0.3 is 29.2 Å². The molecule has 5 aromatic rings. The van der Waals surface area contributed by atoms with Gasteiger partial charge in [-0.25, -0.2) is 4.98 Å². The first-order valence-corrected chi connectivity index (χ1v) is 13.4. The summed E-state index contributed by atoms with van der Waals surface area (Å²) in [6.07, 6.45) is 7.78. The minimum Gasteiger partial charge on any atom is -0.496 e. The smallest absolute Gasteiger partial charge is 0.258 e. The number of nitrogens with one attached hydrogen (secondary N) is 2. The highest BCUT2D eigenvalue weighted by molar-refractivity contribution is 5.83. The molecule has 1 atom stereocenters. The number of methoxy groups -OCH3 is 1. The first-order chi connectivity index (χ1) is 20.0. The van der Waals surface area contributed by atoms with Crippen molar-refractivity contribution in [2.75, 3.05) is 20.3 Å². The SMILES string of the molecule is COc1ccccc1CN(C[C@@H](Cc1c[nH]c2ccccc12)NC(=O)COc1ccc(-n2ccnc2)cc1)C(C)=O. The monoisotopic (exact) mass is 551 g/mol. The van der Waals surface area contributed by atoms with Crippen LogP contribution >= 0.6 is 0 Å². The van der Waals surface area contributed by atoms with Gasteiger partial charge in [0.05, 0.1) is 19.5 Å². The van der Waals surface area contributed by atoms with E-state index in [1.807, 2.05) is 89.8 Å². The van der Waals surface area contributed by atoms with E-state index in [9.17, 15) is 9.59 Å². The van der Waals surface area contributed by atoms with Gasteiger partial charge in [0, 0.05) is 60.8 Å². The minimum atomic E-state index is -0.354. The Labute approximate surface area is 238 Å². The molecule has 2 N–H and O–H groups in total. The van der Waals surface area contributed by atoms with Crippen LogP contribution in [0.3, 0.4) is 0 Å². The van der Waals surface area contributed by atoms with E-state index in [2.05, 4.69) is 15.3 Å². The molecule has 0 aliphatic rings. The molecule has 2 aromatic heterocycles. The molecular weight excluding hydrogens is 518 g/mol. The van der Waals surface area contributed by atoms with Gasteiger partial charge in [0.15, 0.2) is 6.61 Å². The molecule has 3 aromatic carbocycles. The normalized spacial score (nSPS) is 11.7. The maximum atomic E-state index is 13.1. The summed E-state index contributed by atoms with van der Waals surface area (Å²) in [5.74, 6) is 0.930. The van der Waals surface area contributed by atoms with Gasteiger partial charge in [0.1, 0.15) is 11.5 Å². The van der Waals surface area contributed by atoms with Gasteiger partial charge in [-0.1, -0.05) is 36.4 Å². The Bertz CT molecular complexity index is 1590. The molecule has 0 unspecified atom stereocenters. The topological polar surface area (TPSA) is 101 Å². The second kappa shape index (κ2) is 12.9. The lowest BCUT2D eigenvalue weighted by molar-refractivity contribution is -0.131. The van der Waals surface area contributed by atoms with Crippen molar-refractivity contribution >= 4 is 22.7 Å². The zero-order valence-electron chi connectivity index (χ0n) is 23.1. The van der Waals surface area contributed by atoms with Crippen LogP contribution in [0.15, 0.2) is 97.7 Å². The number of para-hydroxylation sites is 2. The van der Waals surface area contributed by atoms with Crippen molar-refractivity contribution in [3.05, 3.63) is 109 Å². The number of imidazole rings is 1. The zero-order chi connectivity index (χ0) is 28.6. The number of H-pyrrole nitrogens is 1. The van der Waals surface area contributed by atoms with E-state index in [0.717, 1.165) is 27.7 Å². The van der Waals surface area contributed by atoms with Crippen molar-refractivity contribution < 1.29 is 19.1 Å². The number of benzene rings is 3. The van der Waals surface area contributed by atoms with Crippen molar-refractivity contribution in [1.29, 1.82) is 0 Å². The number of carbonyl (C=O) groups is 2. The molecule has 0 aliphatic carbocycles. The maximum Gasteiger partial charge on any atom is 0.258 e. The molecule has 0 saturated heterocycles. The second-order valence-corrected chi connectivity index (χ2v) is 9.79.